The highest BCUT2D eigenvalue weighted by molar-refractivity contribution is 5.92. The normalized spacial score (nSPS) is 24.2. The molecular formula is C16H20FN3O2. The maximum Gasteiger partial charge on any atom is 0.247 e. The van der Waals surface area contributed by atoms with E-state index >= 15 is 0 Å². The minimum absolute atomic E-state index is 0.131. The van der Waals surface area contributed by atoms with Crippen molar-refractivity contribution in [3.63, 3.8) is 0 Å². The van der Waals surface area contributed by atoms with E-state index in [0.29, 0.717) is 25.2 Å². The first-order valence-electron chi connectivity index (χ1n) is 7.59. The van der Waals surface area contributed by atoms with Gasteiger partial charge in [-0.15, -0.1) is 0 Å². The van der Waals surface area contributed by atoms with Crippen LogP contribution in [0.1, 0.15) is 19.3 Å². The summed E-state index contributed by atoms with van der Waals surface area (Å²) in [5.74, 6) is -0.273. The number of rotatable bonds is 4. The van der Waals surface area contributed by atoms with Crippen LogP contribution in [0.2, 0.25) is 0 Å². The Labute approximate surface area is 128 Å². The SMILES string of the molecule is CNC(=O)C1(Nc2cccc(F)c2)CCN(C(=O)C2CC2)C1. The Kier molecular flexibility index (Phi) is 3.76. The van der Waals surface area contributed by atoms with Crippen molar-refractivity contribution in [3.8, 4) is 0 Å². The van der Waals surface area contributed by atoms with Crippen LogP contribution in [0, 0.1) is 11.7 Å². The predicted octanol–water partition coefficient (Wildman–Crippen LogP) is 1.36. The molecule has 1 saturated carbocycles. The number of nitrogens with one attached hydrogen (secondary N) is 2. The number of hydrogen-bond acceptors (Lipinski definition) is 3. The van der Waals surface area contributed by atoms with Crippen LogP contribution in [0.4, 0.5) is 10.1 Å². The van der Waals surface area contributed by atoms with Crippen LogP contribution in [0.25, 0.3) is 0 Å². The molecule has 1 atom stereocenters. The lowest BCUT2D eigenvalue weighted by Crippen LogP contribution is -2.54. The molecule has 0 radical (unpaired) electrons. The molecule has 1 aliphatic heterocycles. The molecule has 22 heavy (non-hydrogen) atoms. The third-order valence-corrected chi connectivity index (χ3v) is 4.38. The third kappa shape index (κ3) is 2.77. The standard InChI is InChI=1S/C16H20FN3O2/c1-18-15(22)16(19-13-4-2-3-12(17)9-13)7-8-20(10-16)14(21)11-5-6-11/h2-4,9,11,19H,5-8,10H2,1H3,(H,18,22). The van der Waals surface area contributed by atoms with Gasteiger partial charge in [-0.25, -0.2) is 4.39 Å². The zero-order valence-electron chi connectivity index (χ0n) is 12.6. The Morgan fingerprint density at radius 2 is 2.14 bits per heavy atom. The van der Waals surface area contributed by atoms with Crippen molar-refractivity contribution in [3.05, 3.63) is 30.1 Å². The van der Waals surface area contributed by atoms with E-state index in [1.54, 1.807) is 24.1 Å². The van der Waals surface area contributed by atoms with Crippen molar-refractivity contribution in [2.45, 2.75) is 24.8 Å². The van der Waals surface area contributed by atoms with Crippen molar-refractivity contribution in [2.75, 3.05) is 25.5 Å². The molecule has 3 rings (SSSR count). The Bertz CT molecular complexity index is 603. The summed E-state index contributed by atoms with van der Waals surface area (Å²) < 4.78 is 13.4. The van der Waals surface area contributed by atoms with Gasteiger partial charge in [-0.3, -0.25) is 9.59 Å². The number of nitrogens with zero attached hydrogens (tertiary/aromatic N) is 1. The summed E-state index contributed by atoms with van der Waals surface area (Å²) in [6.07, 6.45) is 2.40. The molecule has 1 unspecified atom stereocenters. The molecule has 1 saturated heterocycles. The molecule has 5 nitrogen and oxygen atoms in total. The molecule has 0 bridgehead atoms. The molecule has 1 heterocycles. The fourth-order valence-electron chi connectivity index (χ4n) is 3.01. The Morgan fingerprint density at radius 1 is 1.36 bits per heavy atom. The molecule has 1 aromatic carbocycles. The lowest BCUT2D eigenvalue weighted by molar-refractivity contribution is -0.132. The smallest absolute Gasteiger partial charge is 0.247 e. The molecule has 1 aliphatic carbocycles. The van der Waals surface area contributed by atoms with Gasteiger partial charge in [-0.1, -0.05) is 6.07 Å². The number of anilines is 1. The second kappa shape index (κ2) is 5.59. The van der Waals surface area contributed by atoms with Crippen LogP contribution < -0.4 is 10.6 Å². The van der Waals surface area contributed by atoms with E-state index in [-0.39, 0.29) is 23.5 Å². The largest absolute Gasteiger partial charge is 0.370 e. The topological polar surface area (TPSA) is 61.4 Å². The van der Waals surface area contributed by atoms with Crippen LogP contribution in [-0.2, 0) is 9.59 Å². The molecule has 0 aromatic heterocycles. The van der Waals surface area contributed by atoms with Crippen molar-refractivity contribution in [2.24, 2.45) is 5.92 Å². The lowest BCUT2D eigenvalue weighted by atomic mass is 9.96. The van der Waals surface area contributed by atoms with Gasteiger partial charge in [0, 0.05) is 25.2 Å². The summed E-state index contributed by atoms with van der Waals surface area (Å²) in [6, 6.07) is 6.03. The Hall–Kier alpha value is -2.11. The summed E-state index contributed by atoms with van der Waals surface area (Å²) in [6.45, 7) is 0.865. The number of benzene rings is 1. The summed E-state index contributed by atoms with van der Waals surface area (Å²) in [5, 5.41) is 5.80. The molecule has 2 amide bonds. The fourth-order valence-corrected chi connectivity index (χ4v) is 3.01. The maximum atomic E-state index is 13.4. The van der Waals surface area contributed by atoms with Gasteiger partial charge in [0.05, 0.1) is 6.54 Å². The van der Waals surface area contributed by atoms with Crippen molar-refractivity contribution >= 4 is 17.5 Å². The maximum absolute atomic E-state index is 13.4. The van der Waals surface area contributed by atoms with Gasteiger partial charge in [0.1, 0.15) is 11.4 Å². The predicted molar refractivity (Wildman–Crippen MR) is 80.7 cm³/mol. The van der Waals surface area contributed by atoms with Crippen molar-refractivity contribution in [1.82, 2.24) is 10.2 Å². The van der Waals surface area contributed by atoms with E-state index in [0.717, 1.165) is 12.8 Å². The monoisotopic (exact) mass is 305 g/mol. The van der Waals surface area contributed by atoms with E-state index in [1.807, 2.05) is 0 Å². The van der Waals surface area contributed by atoms with Gasteiger partial charge in [-0.2, -0.15) is 0 Å². The highest BCUT2D eigenvalue weighted by atomic mass is 19.1. The minimum atomic E-state index is -0.896. The molecule has 1 aromatic rings. The lowest BCUT2D eigenvalue weighted by Gasteiger charge is -2.30. The van der Waals surface area contributed by atoms with Gasteiger partial charge in [0.25, 0.3) is 0 Å². The average molecular weight is 305 g/mol. The molecule has 2 fully saturated rings. The van der Waals surface area contributed by atoms with Crippen molar-refractivity contribution in [1.29, 1.82) is 0 Å². The summed E-state index contributed by atoms with van der Waals surface area (Å²) >= 11 is 0. The van der Waals surface area contributed by atoms with Gasteiger partial charge < -0.3 is 15.5 Å². The first-order chi connectivity index (χ1) is 10.5. The van der Waals surface area contributed by atoms with Gasteiger partial charge >= 0.3 is 0 Å². The van der Waals surface area contributed by atoms with Crippen LogP contribution >= 0.6 is 0 Å². The van der Waals surface area contributed by atoms with Crippen LogP contribution in [0.3, 0.4) is 0 Å². The molecule has 2 aliphatic rings. The van der Waals surface area contributed by atoms with Gasteiger partial charge in [0.2, 0.25) is 11.8 Å². The molecule has 118 valence electrons. The summed E-state index contributed by atoms with van der Waals surface area (Å²) in [5.41, 5.74) is -0.350. The molecule has 0 spiro atoms. The van der Waals surface area contributed by atoms with Gasteiger partial charge in [0.15, 0.2) is 0 Å². The second-order valence-corrected chi connectivity index (χ2v) is 6.08. The zero-order chi connectivity index (χ0) is 15.7. The summed E-state index contributed by atoms with van der Waals surface area (Å²) in [4.78, 5) is 26.3. The first kappa shape index (κ1) is 14.8. The van der Waals surface area contributed by atoms with E-state index in [1.165, 1.54) is 12.1 Å². The Morgan fingerprint density at radius 3 is 2.77 bits per heavy atom. The number of amides is 2. The third-order valence-electron chi connectivity index (χ3n) is 4.38. The van der Waals surface area contributed by atoms with Crippen LogP contribution in [0.15, 0.2) is 24.3 Å². The van der Waals surface area contributed by atoms with Gasteiger partial charge in [-0.05, 0) is 37.5 Å². The number of likely N-dealkylation sites (N-methyl/N-ethyl adjacent to an activating group) is 1. The molecular weight excluding hydrogens is 285 g/mol. The highest BCUT2D eigenvalue weighted by Gasteiger charge is 2.47. The van der Waals surface area contributed by atoms with E-state index in [4.69, 9.17) is 0 Å². The minimum Gasteiger partial charge on any atom is -0.370 e. The fraction of sp³-hybridized carbons (Fsp3) is 0.500. The average Bonchev–Trinajstić information content (AvgIpc) is 3.27. The van der Waals surface area contributed by atoms with E-state index in [2.05, 4.69) is 10.6 Å². The number of carbonyl (C=O) groups is 2. The zero-order valence-corrected chi connectivity index (χ0v) is 12.6. The number of likely N-dealkylation sites (tertiary alicyclic amines) is 1. The van der Waals surface area contributed by atoms with Crippen LogP contribution in [0.5, 0.6) is 0 Å². The summed E-state index contributed by atoms with van der Waals surface area (Å²) in [7, 11) is 1.57. The van der Waals surface area contributed by atoms with E-state index < -0.39 is 5.54 Å². The number of carbonyl (C=O) groups excluding carboxylic acids is 2. The molecule has 2 N–H and O–H groups in total. The second-order valence-electron chi connectivity index (χ2n) is 6.08. The van der Waals surface area contributed by atoms with Crippen molar-refractivity contribution < 1.29 is 14.0 Å². The first-order valence-corrected chi connectivity index (χ1v) is 7.59. The van der Waals surface area contributed by atoms with E-state index in [9.17, 15) is 14.0 Å². The van der Waals surface area contributed by atoms with Crippen LogP contribution in [-0.4, -0.2) is 42.4 Å². The Balaban J connectivity index is 1.80. The number of hydrogen-bond donors (Lipinski definition) is 2. The quantitative estimate of drug-likeness (QED) is 0.883. The number of halogens is 1. The highest BCUT2D eigenvalue weighted by Crippen LogP contribution is 2.34. The molecule has 6 heteroatoms.